The Morgan fingerprint density at radius 2 is 2.31 bits per heavy atom. The summed E-state index contributed by atoms with van der Waals surface area (Å²) in [7, 11) is 0. The smallest absolute Gasteiger partial charge is 0.348 e. The van der Waals surface area contributed by atoms with E-state index in [1.165, 1.54) is 0 Å². The summed E-state index contributed by atoms with van der Waals surface area (Å²) in [6.07, 6.45) is 1.66. The zero-order valence-corrected chi connectivity index (χ0v) is 8.90. The van der Waals surface area contributed by atoms with E-state index >= 15 is 0 Å². The quantitative estimate of drug-likeness (QED) is 0.689. The van der Waals surface area contributed by atoms with Crippen molar-refractivity contribution in [3.05, 3.63) is 32.1 Å². The summed E-state index contributed by atoms with van der Waals surface area (Å²) in [5.41, 5.74) is 0.0580. The molecular formula is C8H5IN2O2. The highest BCUT2D eigenvalue weighted by Crippen LogP contribution is 2.09. The first-order valence-electron chi connectivity index (χ1n) is 3.60. The third-order valence-electron chi connectivity index (χ3n) is 1.56. The summed E-state index contributed by atoms with van der Waals surface area (Å²) in [5, 5.41) is 0.428. The zero-order chi connectivity index (χ0) is 9.42. The number of nitrogens with zero attached hydrogens (tertiary/aromatic N) is 2. The highest BCUT2D eigenvalue weighted by atomic mass is 127. The molecule has 0 aliphatic rings. The maximum atomic E-state index is 11.3. The maximum absolute atomic E-state index is 11.3. The van der Waals surface area contributed by atoms with E-state index in [-0.39, 0.29) is 5.63 Å². The molecule has 0 aromatic carbocycles. The van der Waals surface area contributed by atoms with Gasteiger partial charge in [0.15, 0.2) is 11.5 Å². The van der Waals surface area contributed by atoms with Gasteiger partial charge in [0.05, 0.1) is 0 Å². The van der Waals surface area contributed by atoms with Crippen LogP contribution in [0.3, 0.4) is 0 Å². The van der Waals surface area contributed by atoms with Gasteiger partial charge in [0.2, 0.25) is 0 Å². The van der Waals surface area contributed by atoms with Gasteiger partial charge in [-0.1, -0.05) is 0 Å². The summed E-state index contributed by atoms with van der Waals surface area (Å²) in [6, 6.07) is 1.71. The molecule has 0 saturated carbocycles. The van der Waals surface area contributed by atoms with Crippen LogP contribution in [0.1, 0.15) is 5.89 Å². The molecule has 2 aromatic rings. The highest BCUT2D eigenvalue weighted by Gasteiger charge is 2.04. The third-order valence-corrected chi connectivity index (χ3v) is 2.15. The molecule has 0 saturated heterocycles. The molecular weight excluding hydrogens is 283 g/mol. The third kappa shape index (κ3) is 1.55. The van der Waals surface area contributed by atoms with E-state index in [0.29, 0.717) is 16.9 Å². The summed E-state index contributed by atoms with van der Waals surface area (Å²) in [6.45, 7) is 1.63. The predicted molar refractivity (Wildman–Crippen MR) is 55.5 cm³/mol. The van der Waals surface area contributed by atoms with E-state index in [4.69, 9.17) is 4.42 Å². The van der Waals surface area contributed by atoms with E-state index in [0.717, 1.165) is 3.57 Å². The van der Waals surface area contributed by atoms with Crippen LogP contribution in [-0.4, -0.2) is 9.97 Å². The summed E-state index contributed by atoms with van der Waals surface area (Å²) >= 11 is 2.08. The lowest BCUT2D eigenvalue weighted by Gasteiger charge is -1.95. The molecule has 0 spiro atoms. The van der Waals surface area contributed by atoms with Crippen LogP contribution in [0.4, 0.5) is 0 Å². The summed E-state index contributed by atoms with van der Waals surface area (Å²) < 4.78 is 5.73. The fourth-order valence-corrected chi connectivity index (χ4v) is 1.48. The van der Waals surface area contributed by atoms with Crippen molar-refractivity contribution in [3.63, 3.8) is 0 Å². The molecule has 0 atom stereocenters. The molecule has 0 fully saturated rings. The number of aromatic nitrogens is 2. The van der Waals surface area contributed by atoms with E-state index < -0.39 is 0 Å². The topological polar surface area (TPSA) is 56.0 Å². The zero-order valence-electron chi connectivity index (χ0n) is 6.74. The van der Waals surface area contributed by atoms with Crippen LogP contribution < -0.4 is 5.63 Å². The lowest BCUT2D eigenvalue weighted by atomic mass is 10.3. The Morgan fingerprint density at radius 3 is 3.08 bits per heavy atom. The molecule has 2 rings (SSSR count). The standard InChI is InChI=1S/C8H5IN2O2/c1-4-11-7-6(8(12)13-4)2-5(9)3-10-7/h2-3H,1H3. The summed E-state index contributed by atoms with van der Waals surface area (Å²) in [5.74, 6) is 0.339. The van der Waals surface area contributed by atoms with Gasteiger partial charge in [0.25, 0.3) is 0 Å². The van der Waals surface area contributed by atoms with Crippen molar-refractivity contribution in [1.29, 1.82) is 0 Å². The molecule has 0 aliphatic carbocycles. The molecule has 5 heteroatoms. The van der Waals surface area contributed by atoms with Gasteiger partial charge in [0.1, 0.15) is 5.39 Å². The highest BCUT2D eigenvalue weighted by molar-refractivity contribution is 14.1. The lowest BCUT2D eigenvalue weighted by Crippen LogP contribution is -2.04. The Bertz CT molecular complexity index is 521. The molecule has 0 radical (unpaired) electrons. The first-order chi connectivity index (χ1) is 6.16. The SMILES string of the molecule is Cc1nc2ncc(I)cc2c(=O)o1. The monoisotopic (exact) mass is 288 g/mol. The Morgan fingerprint density at radius 1 is 1.54 bits per heavy atom. The minimum Gasteiger partial charge on any atom is -0.408 e. The fraction of sp³-hybridized carbons (Fsp3) is 0.125. The van der Waals surface area contributed by atoms with Crippen LogP contribution in [-0.2, 0) is 0 Å². The number of rotatable bonds is 0. The van der Waals surface area contributed by atoms with E-state index in [1.807, 2.05) is 0 Å². The minimum atomic E-state index is -0.381. The first kappa shape index (κ1) is 8.61. The van der Waals surface area contributed by atoms with Gasteiger partial charge in [-0.15, -0.1) is 0 Å². The molecule has 66 valence electrons. The number of hydrogen-bond acceptors (Lipinski definition) is 4. The van der Waals surface area contributed by atoms with Crippen molar-refractivity contribution in [2.45, 2.75) is 6.92 Å². The molecule has 13 heavy (non-hydrogen) atoms. The van der Waals surface area contributed by atoms with Crippen molar-refractivity contribution >= 4 is 33.6 Å². The van der Waals surface area contributed by atoms with Crippen LogP contribution in [0.5, 0.6) is 0 Å². The molecule has 0 bridgehead atoms. The molecule has 0 amide bonds. The predicted octanol–water partition coefficient (Wildman–Crippen LogP) is 1.50. The molecule has 2 heterocycles. The Balaban J connectivity index is 2.95. The van der Waals surface area contributed by atoms with Gasteiger partial charge >= 0.3 is 5.63 Å². The molecule has 4 nitrogen and oxygen atoms in total. The van der Waals surface area contributed by atoms with Gasteiger partial charge in [-0.3, -0.25) is 0 Å². The van der Waals surface area contributed by atoms with Gasteiger partial charge < -0.3 is 4.42 Å². The Labute approximate surface area is 87.1 Å². The number of aryl methyl sites for hydroxylation is 1. The summed E-state index contributed by atoms with van der Waals surface area (Å²) in [4.78, 5) is 19.3. The minimum absolute atomic E-state index is 0.339. The number of pyridine rings is 1. The van der Waals surface area contributed by atoms with Crippen LogP contribution in [0.25, 0.3) is 11.0 Å². The van der Waals surface area contributed by atoms with Crippen LogP contribution in [0.15, 0.2) is 21.5 Å². The van der Waals surface area contributed by atoms with E-state index in [9.17, 15) is 4.79 Å². The average molecular weight is 288 g/mol. The molecule has 0 N–H and O–H groups in total. The van der Waals surface area contributed by atoms with Crippen molar-refractivity contribution in [3.8, 4) is 0 Å². The average Bonchev–Trinajstić information content (AvgIpc) is 2.06. The van der Waals surface area contributed by atoms with Crippen molar-refractivity contribution in [1.82, 2.24) is 9.97 Å². The first-order valence-corrected chi connectivity index (χ1v) is 4.68. The van der Waals surface area contributed by atoms with E-state index in [2.05, 4.69) is 32.6 Å². The number of hydrogen-bond donors (Lipinski definition) is 0. The molecule has 0 aliphatic heterocycles. The van der Waals surface area contributed by atoms with Crippen molar-refractivity contribution in [2.24, 2.45) is 0 Å². The normalized spacial score (nSPS) is 10.6. The largest absolute Gasteiger partial charge is 0.408 e. The van der Waals surface area contributed by atoms with Gasteiger partial charge in [-0.25, -0.2) is 9.78 Å². The second kappa shape index (κ2) is 3.06. The second-order valence-corrected chi connectivity index (χ2v) is 3.79. The van der Waals surface area contributed by atoms with Crippen LogP contribution >= 0.6 is 22.6 Å². The van der Waals surface area contributed by atoms with Crippen LogP contribution in [0, 0.1) is 10.5 Å². The van der Waals surface area contributed by atoms with Crippen molar-refractivity contribution in [2.75, 3.05) is 0 Å². The maximum Gasteiger partial charge on any atom is 0.348 e. The van der Waals surface area contributed by atoms with Gasteiger partial charge in [-0.2, -0.15) is 4.98 Å². The van der Waals surface area contributed by atoms with Gasteiger partial charge in [0, 0.05) is 16.7 Å². The number of fused-ring (bicyclic) bond motifs is 1. The van der Waals surface area contributed by atoms with Crippen LogP contribution in [0.2, 0.25) is 0 Å². The molecule has 0 unspecified atom stereocenters. The van der Waals surface area contributed by atoms with E-state index in [1.54, 1.807) is 19.2 Å². The number of halogens is 1. The molecule has 2 aromatic heterocycles. The lowest BCUT2D eigenvalue weighted by molar-refractivity contribution is 0.466. The fourth-order valence-electron chi connectivity index (χ4n) is 1.03. The Kier molecular flexibility index (Phi) is 2.03. The van der Waals surface area contributed by atoms with Crippen molar-refractivity contribution < 1.29 is 4.42 Å². The second-order valence-electron chi connectivity index (χ2n) is 2.55. The Hall–Kier alpha value is -0.980. The van der Waals surface area contributed by atoms with Gasteiger partial charge in [-0.05, 0) is 28.7 Å².